The summed E-state index contributed by atoms with van der Waals surface area (Å²) >= 11 is 0. The van der Waals surface area contributed by atoms with Crippen LogP contribution in [0.25, 0.3) is 33.4 Å². The molecule has 204 valence electrons. The number of nitrogens with zero attached hydrogens (tertiary/aromatic N) is 7. The molecule has 1 aliphatic rings. The number of aromatic nitrogens is 5. The van der Waals surface area contributed by atoms with Gasteiger partial charge in [0.1, 0.15) is 16.7 Å². The SMILES string of the molecule is CN=CC(=CN)c1cnc2cnn(S(=O)(=O)c3cnc4ccc(-c5ccc(CN6CCOCC6)cc5)cn34)c2c1. The van der Waals surface area contributed by atoms with Gasteiger partial charge in [-0.1, -0.05) is 24.3 Å². The van der Waals surface area contributed by atoms with Gasteiger partial charge in [0.25, 0.3) is 0 Å². The number of pyridine rings is 2. The van der Waals surface area contributed by atoms with Gasteiger partial charge in [0.2, 0.25) is 0 Å². The number of imidazole rings is 1. The Hall–Kier alpha value is -4.39. The van der Waals surface area contributed by atoms with E-state index >= 15 is 0 Å². The van der Waals surface area contributed by atoms with Crippen LogP contribution in [0.15, 0.2) is 83.5 Å². The van der Waals surface area contributed by atoms with Crippen molar-refractivity contribution >= 4 is 38.5 Å². The molecule has 2 N–H and O–H groups in total. The molecule has 5 aromatic rings. The first-order valence-corrected chi connectivity index (χ1v) is 14.2. The lowest BCUT2D eigenvalue weighted by atomic mass is 10.1. The fourth-order valence-electron chi connectivity index (χ4n) is 4.82. The number of nitrogens with two attached hydrogens (primary N) is 1. The lowest BCUT2D eigenvalue weighted by Crippen LogP contribution is -2.35. The Labute approximate surface area is 231 Å². The van der Waals surface area contributed by atoms with Crippen LogP contribution in [-0.2, 0) is 21.3 Å². The highest BCUT2D eigenvalue weighted by molar-refractivity contribution is 7.90. The molecule has 1 saturated heterocycles. The van der Waals surface area contributed by atoms with Crippen molar-refractivity contribution in [3.05, 3.63) is 84.6 Å². The highest BCUT2D eigenvalue weighted by Gasteiger charge is 2.25. The van der Waals surface area contributed by atoms with Crippen molar-refractivity contribution in [1.82, 2.24) is 28.5 Å². The quantitative estimate of drug-likeness (QED) is 0.303. The summed E-state index contributed by atoms with van der Waals surface area (Å²) in [5, 5.41) is 4.16. The van der Waals surface area contributed by atoms with Gasteiger partial charge >= 0.3 is 10.0 Å². The summed E-state index contributed by atoms with van der Waals surface area (Å²) in [7, 11) is -2.50. The van der Waals surface area contributed by atoms with E-state index in [4.69, 9.17) is 10.5 Å². The minimum atomic E-state index is -4.12. The number of ether oxygens (including phenoxy) is 1. The molecule has 12 heteroatoms. The first-order valence-electron chi connectivity index (χ1n) is 12.8. The zero-order valence-corrected chi connectivity index (χ0v) is 22.7. The van der Waals surface area contributed by atoms with Crippen LogP contribution in [-0.4, -0.2) is 76.4 Å². The van der Waals surface area contributed by atoms with E-state index in [1.54, 1.807) is 42.2 Å². The lowest BCUT2D eigenvalue weighted by molar-refractivity contribution is 0.0342. The third kappa shape index (κ3) is 4.76. The average molecular weight is 557 g/mol. The summed E-state index contributed by atoms with van der Waals surface area (Å²) in [6.45, 7) is 4.25. The molecule has 0 aliphatic carbocycles. The zero-order valence-electron chi connectivity index (χ0n) is 21.9. The summed E-state index contributed by atoms with van der Waals surface area (Å²) in [6.07, 6.45) is 9.14. The fourth-order valence-corrected chi connectivity index (χ4v) is 6.15. The smallest absolute Gasteiger partial charge is 0.301 e. The summed E-state index contributed by atoms with van der Waals surface area (Å²) in [6, 6.07) is 13.7. The van der Waals surface area contributed by atoms with Crippen LogP contribution >= 0.6 is 0 Å². The van der Waals surface area contributed by atoms with Crippen molar-refractivity contribution in [2.24, 2.45) is 10.7 Å². The molecule has 1 fully saturated rings. The van der Waals surface area contributed by atoms with Crippen molar-refractivity contribution in [3.63, 3.8) is 0 Å². The largest absolute Gasteiger partial charge is 0.404 e. The molecule has 5 heterocycles. The Balaban J connectivity index is 1.35. The van der Waals surface area contributed by atoms with Gasteiger partial charge in [0.15, 0.2) is 5.03 Å². The summed E-state index contributed by atoms with van der Waals surface area (Å²) in [5.41, 5.74) is 11.3. The normalized spacial score (nSPS) is 15.5. The van der Waals surface area contributed by atoms with Crippen LogP contribution in [0, 0.1) is 0 Å². The highest BCUT2D eigenvalue weighted by atomic mass is 32.2. The summed E-state index contributed by atoms with van der Waals surface area (Å²) in [5.74, 6) is 0. The van der Waals surface area contributed by atoms with Crippen LogP contribution < -0.4 is 5.73 Å². The van der Waals surface area contributed by atoms with Crippen LogP contribution in [0.3, 0.4) is 0 Å². The zero-order chi connectivity index (χ0) is 27.7. The topological polar surface area (TPSA) is 133 Å². The molecule has 0 unspecified atom stereocenters. The van der Waals surface area contributed by atoms with Gasteiger partial charge < -0.3 is 10.5 Å². The van der Waals surface area contributed by atoms with Crippen molar-refractivity contribution in [2.75, 3.05) is 33.4 Å². The van der Waals surface area contributed by atoms with Gasteiger partial charge in [-0.25, -0.2) is 4.98 Å². The maximum atomic E-state index is 13.9. The Morgan fingerprint density at radius 3 is 2.58 bits per heavy atom. The molecule has 4 aromatic heterocycles. The Morgan fingerprint density at radius 1 is 1.05 bits per heavy atom. The highest BCUT2D eigenvalue weighted by Crippen LogP contribution is 2.26. The van der Waals surface area contributed by atoms with Crippen LogP contribution in [0.1, 0.15) is 11.1 Å². The molecule has 1 aromatic carbocycles. The Kier molecular flexibility index (Phi) is 6.88. The first kappa shape index (κ1) is 25.9. The maximum Gasteiger partial charge on any atom is 0.301 e. The molecule has 0 amide bonds. The number of aliphatic imine (C=N–C) groups is 1. The van der Waals surface area contributed by atoms with E-state index in [0.29, 0.717) is 27.8 Å². The predicted octanol–water partition coefficient (Wildman–Crippen LogP) is 2.82. The second-order valence-electron chi connectivity index (χ2n) is 9.46. The minimum absolute atomic E-state index is 0.00611. The van der Waals surface area contributed by atoms with Crippen molar-refractivity contribution in [3.8, 4) is 11.1 Å². The fraction of sp³-hybridized carbons (Fsp3) is 0.214. The molecular weight excluding hydrogens is 528 g/mol. The van der Waals surface area contributed by atoms with Gasteiger partial charge in [-0.15, -0.1) is 0 Å². The number of rotatable bonds is 7. The van der Waals surface area contributed by atoms with Gasteiger partial charge in [0, 0.05) is 62.6 Å². The van der Waals surface area contributed by atoms with Crippen molar-refractivity contribution < 1.29 is 13.2 Å². The van der Waals surface area contributed by atoms with Gasteiger partial charge in [0.05, 0.1) is 25.6 Å². The van der Waals surface area contributed by atoms with E-state index in [2.05, 4.69) is 49.2 Å². The monoisotopic (exact) mass is 556 g/mol. The molecule has 0 spiro atoms. The molecule has 6 rings (SSSR count). The molecule has 0 atom stereocenters. The van der Waals surface area contributed by atoms with Crippen molar-refractivity contribution in [1.29, 1.82) is 0 Å². The van der Waals surface area contributed by atoms with E-state index in [-0.39, 0.29) is 5.03 Å². The third-order valence-electron chi connectivity index (χ3n) is 6.93. The molecule has 1 aliphatic heterocycles. The van der Waals surface area contributed by atoms with Crippen LogP contribution in [0.4, 0.5) is 0 Å². The van der Waals surface area contributed by atoms with E-state index in [9.17, 15) is 8.42 Å². The maximum absolute atomic E-state index is 13.9. The lowest BCUT2D eigenvalue weighted by Gasteiger charge is -2.26. The van der Waals surface area contributed by atoms with Gasteiger partial charge in [-0.2, -0.15) is 17.6 Å². The van der Waals surface area contributed by atoms with E-state index < -0.39 is 10.0 Å². The molecule has 0 bridgehead atoms. The molecular formula is C28H28N8O3S. The van der Waals surface area contributed by atoms with Crippen LogP contribution in [0.2, 0.25) is 0 Å². The third-order valence-corrected chi connectivity index (χ3v) is 8.51. The standard InChI is InChI=1S/C28H28N8O3S/c1-30-14-24(13-29)23-12-26-25(31-15-23)16-33-36(26)40(37,38)28-17-32-27-7-6-22(19-35(27)28)21-4-2-20(3-5-21)18-34-8-10-39-11-9-34/h2-7,12-17,19H,8-11,18,29H2,1H3. The molecule has 40 heavy (non-hydrogen) atoms. The minimum Gasteiger partial charge on any atom is -0.404 e. The Bertz CT molecular complexity index is 1850. The number of morpholine rings is 1. The summed E-state index contributed by atoms with van der Waals surface area (Å²) < 4.78 is 35.7. The van der Waals surface area contributed by atoms with E-state index in [1.165, 1.54) is 24.2 Å². The number of allylic oxidation sites excluding steroid dienone is 1. The van der Waals surface area contributed by atoms with E-state index in [0.717, 1.165) is 48.1 Å². The predicted molar refractivity (Wildman–Crippen MR) is 153 cm³/mol. The number of hydrogen-bond donors (Lipinski definition) is 1. The van der Waals surface area contributed by atoms with Gasteiger partial charge in [-0.3, -0.25) is 19.3 Å². The van der Waals surface area contributed by atoms with E-state index in [1.807, 2.05) is 6.07 Å². The van der Waals surface area contributed by atoms with Crippen LogP contribution in [0.5, 0.6) is 0 Å². The summed E-state index contributed by atoms with van der Waals surface area (Å²) in [4.78, 5) is 15.1. The van der Waals surface area contributed by atoms with Crippen molar-refractivity contribution in [2.45, 2.75) is 11.6 Å². The average Bonchev–Trinajstić information content (AvgIpc) is 3.61. The molecule has 0 radical (unpaired) electrons. The first-order chi connectivity index (χ1) is 19.5. The molecule has 0 saturated carbocycles. The van der Waals surface area contributed by atoms with Gasteiger partial charge in [-0.05, 0) is 34.9 Å². The Morgan fingerprint density at radius 2 is 1.82 bits per heavy atom. The number of hydrogen-bond acceptors (Lipinski definition) is 9. The second kappa shape index (κ2) is 10.6. The molecule has 11 nitrogen and oxygen atoms in total. The number of fused-ring (bicyclic) bond motifs is 2. The number of benzene rings is 1. The second-order valence-corrected chi connectivity index (χ2v) is 11.2.